The zero-order chi connectivity index (χ0) is 13.9. The van der Waals surface area contributed by atoms with Crippen molar-refractivity contribution < 1.29 is 23.8 Å². The third kappa shape index (κ3) is 2.64. The molecular formula is C12H14BrFO4. The maximum atomic E-state index is 13.8. The molecule has 6 heteroatoms. The van der Waals surface area contributed by atoms with Crippen LogP contribution in [0.2, 0.25) is 0 Å². The molecule has 0 amide bonds. The molecule has 0 saturated heterocycles. The van der Waals surface area contributed by atoms with Crippen molar-refractivity contribution in [3.8, 4) is 5.75 Å². The molecule has 1 aromatic rings. The molecule has 1 rings (SSSR count). The van der Waals surface area contributed by atoms with Crippen molar-refractivity contribution in [2.45, 2.75) is 19.4 Å². The Morgan fingerprint density at radius 3 is 2.67 bits per heavy atom. The van der Waals surface area contributed by atoms with E-state index in [9.17, 15) is 14.3 Å². The molecule has 0 saturated carbocycles. The van der Waals surface area contributed by atoms with Gasteiger partial charge in [0.2, 0.25) is 0 Å². The van der Waals surface area contributed by atoms with E-state index in [0.717, 1.165) is 6.07 Å². The number of esters is 1. The highest BCUT2D eigenvalue weighted by Crippen LogP contribution is 2.38. The summed E-state index contributed by atoms with van der Waals surface area (Å²) >= 11 is 3.17. The average molecular weight is 321 g/mol. The molecule has 0 fully saturated rings. The Morgan fingerprint density at radius 1 is 1.56 bits per heavy atom. The average Bonchev–Trinajstić information content (AvgIpc) is 2.31. The minimum absolute atomic E-state index is 0.0630. The first-order valence-corrected chi connectivity index (χ1v) is 6.07. The maximum Gasteiger partial charge on any atom is 0.342 e. The van der Waals surface area contributed by atoms with Crippen molar-refractivity contribution in [1.82, 2.24) is 0 Å². The molecule has 100 valence electrons. The maximum absolute atomic E-state index is 13.8. The van der Waals surface area contributed by atoms with Crippen LogP contribution in [0, 0.1) is 5.82 Å². The summed E-state index contributed by atoms with van der Waals surface area (Å²) in [6, 6.07) is 2.56. The fraction of sp³-hybridized carbons (Fsp3) is 0.417. The minimum Gasteiger partial charge on any atom is -0.495 e. The fourth-order valence-corrected chi connectivity index (χ4v) is 2.05. The SMILES string of the molecule is CCOC(=O)C(C)(O)c1c(F)ccc(Br)c1OC. The van der Waals surface area contributed by atoms with E-state index in [0.29, 0.717) is 4.47 Å². The van der Waals surface area contributed by atoms with Crippen LogP contribution >= 0.6 is 15.9 Å². The van der Waals surface area contributed by atoms with E-state index in [1.807, 2.05) is 0 Å². The van der Waals surface area contributed by atoms with Crippen LogP contribution in [0.15, 0.2) is 16.6 Å². The Labute approximate surface area is 113 Å². The highest BCUT2D eigenvalue weighted by atomic mass is 79.9. The predicted octanol–water partition coefficient (Wildman–Crippen LogP) is 2.37. The molecule has 1 aromatic carbocycles. The molecule has 0 aliphatic heterocycles. The van der Waals surface area contributed by atoms with Gasteiger partial charge in [0.05, 0.1) is 23.8 Å². The zero-order valence-corrected chi connectivity index (χ0v) is 11.9. The van der Waals surface area contributed by atoms with Gasteiger partial charge < -0.3 is 14.6 Å². The molecular weight excluding hydrogens is 307 g/mol. The first kappa shape index (κ1) is 14.9. The number of hydrogen-bond acceptors (Lipinski definition) is 4. The van der Waals surface area contributed by atoms with Crippen LogP contribution in [0.5, 0.6) is 5.75 Å². The number of methoxy groups -OCH3 is 1. The van der Waals surface area contributed by atoms with Gasteiger partial charge in [0.1, 0.15) is 11.6 Å². The molecule has 1 atom stereocenters. The van der Waals surface area contributed by atoms with E-state index < -0.39 is 17.4 Å². The van der Waals surface area contributed by atoms with Gasteiger partial charge in [-0.2, -0.15) is 0 Å². The largest absolute Gasteiger partial charge is 0.495 e. The van der Waals surface area contributed by atoms with Gasteiger partial charge in [-0.3, -0.25) is 0 Å². The number of benzene rings is 1. The molecule has 0 spiro atoms. The summed E-state index contributed by atoms with van der Waals surface area (Å²) in [6.07, 6.45) is 0. The first-order chi connectivity index (χ1) is 8.36. The lowest BCUT2D eigenvalue weighted by Crippen LogP contribution is -2.35. The molecule has 1 unspecified atom stereocenters. The van der Waals surface area contributed by atoms with Crippen LogP contribution in [0.4, 0.5) is 4.39 Å². The van der Waals surface area contributed by atoms with E-state index in [2.05, 4.69) is 15.9 Å². The Morgan fingerprint density at radius 2 is 2.17 bits per heavy atom. The third-order valence-corrected chi connectivity index (χ3v) is 3.05. The van der Waals surface area contributed by atoms with E-state index in [-0.39, 0.29) is 17.9 Å². The zero-order valence-electron chi connectivity index (χ0n) is 10.3. The predicted molar refractivity (Wildman–Crippen MR) is 66.9 cm³/mol. The third-order valence-electron chi connectivity index (χ3n) is 2.42. The summed E-state index contributed by atoms with van der Waals surface area (Å²) in [4.78, 5) is 11.7. The Kier molecular flexibility index (Phi) is 4.70. The van der Waals surface area contributed by atoms with Crippen LogP contribution in [0.25, 0.3) is 0 Å². The highest BCUT2D eigenvalue weighted by molar-refractivity contribution is 9.10. The molecule has 1 N–H and O–H groups in total. The second kappa shape index (κ2) is 5.67. The van der Waals surface area contributed by atoms with Crippen molar-refractivity contribution in [2.24, 2.45) is 0 Å². The van der Waals surface area contributed by atoms with E-state index in [1.165, 1.54) is 20.1 Å². The van der Waals surface area contributed by atoms with Crippen molar-refractivity contribution in [2.75, 3.05) is 13.7 Å². The molecule has 0 aromatic heterocycles. The van der Waals surface area contributed by atoms with Gasteiger partial charge in [-0.15, -0.1) is 0 Å². The van der Waals surface area contributed by atoms with Crippen LogP contribution in [0.1, 0.15) is 19.4 Å². The van der Waals surface area contributed by atoms with Crippen LogP contribution in [0.3, 0.4) is 0 Å². The van der Waals surface area contributed by atoms with Gasteiger partial charge in [-0.05, 0) is 41.9 Å². The molecule has 4 nitrogen and oxygen atoms in total. The second-order valence-corrected chi connectivity index (χ2v) is 4.58. The van der Waals surface area contributed by atoms with Crippen molar-refractivity contribution in [3.63, 3.8) is 0 Å². The molecule has 0 aliphatic carbocycles. The van der Waals surface area contributed by atoms with E-state index in [4.69, 9.17) is 9.47 Å². The lowest BCUT2D eigenvalue weighted by molar-refractivity contribution is -0.164. The second-order valence-electron chi connectivity index (χ2n) is 3.73. The number of hydrogen-bond donors (Lipinski definition) is 1. The Hall–Kier alpha value is -1.14. The molecule has 0 heterocycles. The molecule has 0 radical (unpaired) electrons. The summed E-state index contributed by atoms with van der Waals surface area (Å²) in [6.45, 7) is 2.85. The van der Waals surface area contributed by atoms with Crippen LogP contribution in [-0.2, 0) is 15.1 Å². The topological polar surface area (TPSA) is 55.8 Å². The van der Waals surface area contributed by atoms with E-state index in [1.54, 1.807) is 6.92 Å². The highest BCUT2D eigenvalue weighted by Gasteiger charge is 2.40. The summed E-state index contributed by atoms with van der Waals surface area (Å²) in [5.74, 6) is -1.61. The Balaban J connectivity index is 3.39. The first-order valence-electron chi connectivity index (χ1n) is 5.28. The quantitative estimate of drug-likeness (QED) is 0.865. The lowest BCUT2D eigenvalue weighted by atomic mass is 9.94. The van der Waals surface area contributed by atoms with Gasteiger partial charge in [0.15, 0.2) is 5.60 Å². The van der Waals surface area contributed by atoms with Gasteiger partial charge in [-0.25, -0.2) is 9.18 Å². The van der Waals surface area contributed by atoms with Gasteiger partial charge in [0, 0.05) is 0 Å². The number of aliphatic hydroxyl groups is 1. The fourth-order valence-electron chi connectivity index (χ4n) is 1.56. The Bertz CT molecular complexity index is 460. The smallest absolute Gasteiger partial charge is 0.342 e. The summed E-state index contributed by atoms with van der Waals surface area (Å²) in [5, 5.41) is 10.2. The van der Waals surface area contributed by atoms with Crippen molar-refractivity contribution in [3.05, 3.63) is 28.0 Å². The van der Waals surface area contributed by atoms with Crippen LogP contribution in [-0.4, -0.2) is 24.8 Å². The molecule has 0 bridgehead atoms. The minimum atomic E-state index is -2.12. The van der Waals surface area contributed by atoms with Crippen molar-refractivity contribution in [1.29, 1.82) is 0 Å². The number of halogens is 2. The standard InChI is InChI=1S/C12H14BrFO4/c1-4-18-11(15)12(2,16)9-8(14)6-5-7(13)10(9)17-3/h5-6,16H,4H2,1-3H3. The van der Waals surface area contributed by atoms with Gasteiger partial charge in [-0.1, -0.05) is 0 Å². The monoisotopic (exact) mass is 320 g/mol. The summed E-state index contributed by atoms with van der Waals surface area (Å²) in [5.41, 5.74) is -2.37. The van der Waals surface area contributed by atoms with Crippen molar-refractivity contribution >= 4 is 21.9 Å². The number of rotatable bonds is 4. The summed E-state index contributed by atoms with van der Waals surface area (Å²) < 4.78 is 24.0. The van der Waals surface area contributed by atoms with Gasteiger partial charge >= 0.3 is 5.97 Å². The number of ether oxygens (including phenoxy) is 2. The normalized spacial score (nSPS) is 13.9. The number of carbonyl (C=O) groups excluding carboxylic acids is 1. The van der Waals surface area contributed by atoms with Crippen LogP contribution < -0.4 is 4.74 Å². The van der Waals surface area contributed by atoms with E-state index >= 15 is 0 Å². The number of carbonyl (C=O) groups is 1. The molecule has 0 aliphatic rings. The van der Waals surface area contributed by atoms with Gasteiger partial charge in [0.25, 0.3) is 0 Å². The molecule has 18 heavy (non-hydrogen) atoms. The lowest BCUT2D eigenvalue weighted by Gasteiger charge is -2.24. The summed E-state index contributed by atoms with van der Waals surface area (Å²) in [7, 11) is 1.32.